The summed E-state index contributed by atoms with van der Waals surface area (Å²) in [6.07, 6.45) is 21.5. The Morgan fingerprint density at radius 3 is 2.23 bits per heavy atom. The molecule has 0 spiro atoms. The maximum absolute atomic E-state index is 11.0. The fraction of sp³-hybridized carbons (Fsp3) is 0.630. The predicted octanol–water partition coefficient (Wildman–Crippen LogP) is 7.96. The van der Waals surface area contributed by atoms with Gasteiger partial charge in [-0.05, 0) is 75.0 Å². The van der Waals surface area contributed by atoms with Crippen LogP contribution in [0, 0.1) is 11.8 Å². The van der Waals surface area contributed by atoms with Crippen molar-refractivity contribution in [2.45, 2.75) is 97.0 Å². The molecule has 5 aliphatic rings. The van der Waals surface area contributed by atoms with Gasteiger partial charge in [-0.1, -0.05) is 67.9 Å². The Labute approximate surface area is 189 Å². The molecule has 2 saturated carbocycles. The van der Waals surface area contributed by atoms with Crippen LogP contribution >= 0.6 is 8.60 Å². The van der Waals surface area contributed by atoms with Crippen molar-refractivity contribution >= 4 is 8.60 Å². The van der Waals surface area contributed by atoms with E-state index in [0.717, 1.165) is 31.4 Å². The number of fused-ring (bicyclic) bond motifs is 2. The third kappa shape index (κ3) is 4.52. The van der Waals surface area contributed by atoms with Crippen LogP contribution in [0.4, 0.5) is 0 Å². The van der Waals surface area contributed by atoms with Gasteiger partial charge in [-0.15, -0.1) is 0 Å². The smallest absolute Gasteiger partial charge is 0.395 e. The Bertz CT molecular complexity index is 863. The third-order valence-electron chi connectivity index (χ3n) is 7.89. The summed E-state index contributed by atoms with van der Waals surface area (Å²) in [7, 11) is -1.94. The molecule has 4 heteroatoms. The molecule has 3 nitrogen and oxygen atoms in total. The lowest BCUT2D eigenvalue weighted by Crippen LogP contribution is -2.29. The standard InChI is InChI=1S/C27H37O3P/c1-18-13-14-22-24(15-18)26(21-11-7-4-8-12-21)29-31(28)30-27-23(16-19(2)17-25(22)27)20-9-5-3-6-10-20/h15-17,20-21,27-28H,3-14H2,1-2H3/b25-22-,26-24?. The Morgan fingerprint density at radius 1 is 0.839 bits per heavy atom. The van der Waals surface area contributed by atoms with E-state index < -0.39 is 8.60 Å². The highest BCUT2D eigenvalue weighted by Crippen LogP contribution is 2.52. The maximum atomic E-state index is 11.0. The number of hydrogen-bond donors (Lipinski definition) is 1. The first-order valence-electron chi connectivity index (χ1n) is 12.5. The molecule has 0 amide bonds. The molecule has 1 heterocycles. The van der Waals surface area contributed by atoms with Gasteiger partial charge in [0.15, 0.2) is 0 Å². The topological polar surface area (TPSA) is 38.7 Å². The molecule has 0 radical (unpaired) electrons. The normalized spacial score (nSPS) is 33.3. The molecular formula is C27H37O3P. The third-order valence-corrected chi connectivity index (χ3v) is 8.63. The first-order chi connectivity index (χ1) is 15.1. The maximum Gasteiger partial charge on any atom is 0.395 e. The molecule has 2 unspecified atom stereocenters. The van der Waals surface area contributed by atoms with E-state index in [9.17, 15) is 4.89 Å². The Balaban J connectivity index is 1.63. The van der Waals surface area contributed by atoms with Crippen molar-refractivity contribution in [2.24, 2.45) is 11.8 Å². The van der Waals surface area contributed by atoms with E-state index in [1.165, 1.54) is 84.8 Å². The van der Waals surface area contributed by atoms with Crippen LogP contribution in [0.25, 0.3) is 0 Å². The molecule has 5 rings (SSSR count). The average molecular weight is 441 g/mol. The fourth-order valence-electron chi connectivity index (χ4n) is 6.30. The van der Waals surface area contributed by atoms with Gasteiger partial charge in [0, 0.05) is 11.5 Å². The second-order valence-electron chi connectivity index (χ2n) is 10.2. The summed E-state index contributed by atoms with van der Waals surface area (Å²) < 4.78 is 12.7. The van der Waals surface area contributed by atoms with Gasteiger partial charge in [-0.25, -0.2) is 0 Å². The largest absolute Gasteiger partial charge is 0.430 e. The number of rotatable bonds is 2. The second kappa shape index (κ2) is 9.38. The van der Waals surface area contributed by atoms with Gasteiger partial charge in [0.25, 0.3) is 0 Å². The van der Waals surface area contributed by atoms with Gasteiger partial charge in [0.1, 0.15) is 11.9 Å². The Hall–Kier alpha value is -1.15. The minimum absolute atomic E-state index is 0.160. The van der Waals surface area contributed by atoms with E-state index in [0.29, 0.717) is 11.8 Å². The molecule has 168 valence electrons. The van der Waals surface area contributed by atoms with Crippen molar-refractivity contribution in [3.8, 4) is 0 Å². The number of hydrogen-bond acceptors (Lipinski definition) is 3. The lowest BCUT2D eigenvalue weighted by molar-refractivity contribution is 0.174. The lowest BCUT2D eigenvalue weighted by Gasteiger charge is -2.38. The second-order valence-corrected chi connectivity index (χ2v) is 11.1. The van der Waals surface area contributed by atoms with Crippen LogP contribution < -0.4 is 0 Å². The van der Waals surface area contributed by atoms with Crippen molar-refractivity contribution in [1.82, 2.24) is 0 Å². The highest BCUT2D eigenvalue weighted by atomic mass is 31.2. The van der Waals surface area contributed by atoms with Crippen molar-refractivity contribution in [1.29, 1.82) is 0 Å². The Morgan fingerprint density at radius 2 is 1.52 bits per heavy atom. The summed E-state index contributed by atoms with van der Waals surface area (Å²) >= 11 is 0. The van der Waals surface area contributed by atoms with Crippen LogP contribution in [0.5, 0.6) is 0 Å². The van der Waals surface area contributed by atoms with Gasteiger partial charge in [-0.2, -0.15) is 0 Å². The Kier molecular flexibility index (Phi) is 6.56. The van der Waals surface area contributed by atoms with Crippen LogP contribution in [0.3, 0.4) is 0 Å². The molecule has 2 atom stereocenters. The van der Waals surface area contributed by atoms with Gasteiger partial charge >= 0.3 is 8.60 Å². The summed E-state index contributed by atoms with van der Waals surface area (Å²) in [5.74, 6) is 1.97. The molecule has 31 heavy (non-hydrogen) atoms. The molecule has 0 aromatic rings. The van der Waals surface area contributed by atoms with Gasteiger partial charge < -0.3 is 9.42 Å². The van der Waals surface area contributed by atoms with Crippen LogP contribution in [-0.4, -0.2) is 11.0 Å². The molecule has 0 aromatic carbocycles. The SMILES string of the molecule is CC1=C/C2=C3\CCC(C)=CC3=C(C3CCCCC3)OP(O)OC2C(C2CCCCC2)=C1. The van der Waals surface area contributed by atoms with E-state index in [2.05, 4.69) is 32.1 Å². The summed E-state index contributed by atoms with van der Waals surface area (Å²) in [5.41, 5.74) is 8.05. The lowest BCUT2D eigenvalue weighted by atomic mass is 9.74. The molecule has 0 bridgehead atoms. The van der Waals surface area contributed by atoms with Gasteiger partial charge in [0.05, 0.1) is 0 Å². The van der Waals surface area contributed by atoms with E-state index in [4.69, 9.17) is 9.05 Å². The predicted molar refractivity (Wildman–Crippen MR) is 127 cm³/mol. The van der Waals surface area contributed by atoms with Crippen LogP contribution in [0.1, 0.15) is 90.9 Å². The van der Waals surface area contributed by atoms with Crippen molar-refractivity contribution < 1.29 is 13.9 Å². The van der Waals surface area contributed by atoms with Crippen LogP contribution in [-0.2, 0) is 9.05 Å². The molecule has 1 N–H and O–H groups in total. The molecule has 0 saturated heterocycles. The van der Waals surface area contributed by atoms with Gasteiger partial charge in [0.2, 0.25) is 0 Å². The zero-order chi connectivity index (χ0) is 21.4. The molecule has 4 aliphatic carbocycles. The zero-order valence-corrected chi connectivity index (χ0v) is 20.1. The van der Waals surface area contributed by atoms with Crippen LogP contribution in [0.2, 0.25) is 0 Å². The zero-order valence-electron chi connectivity index (χ0n) is 19.2. The first kappa shape index (κ1) is 21.7. The van der Waals surface area contributed by atoms with E-state index in [1.807, 2.05) is 0 Å². The van der Waals surface area contributed by atoms with E-state index in [-0.39, 0.29) is 6.10 Å². The molecule has 2 fully saturated rings. The summed E-state index contributed by atoms with van der Waals surface area (Å²) in [6.45, 7) is 4.45. The monoisotopic (exact) mass is 440 g/mol. The van der Waals surface area contributed by atoms with E-state index >= 15 is 0 Å². The number of allylic oxidation sites excluding steroid dienone is 7. The molecule has 1 aliphatic heterocycles. The van der Waals surface area contributed by atoms with Crippen molar-refractivity contribution in [2.75, 3.05) is 0 Å². The summed E-state index contributed by atoms with van der Waals surface area (Å²) in [5, 5.41) is 0. The quantitative estimate of drug-likeness (QED) is 0.443. The summed E-state index contributed by atoms with van der Waals surface area (Å²) in [4.78, 5) is 11.0. The minimum Gasteiger partial charge on any atom is -0.430 e. The molecular weight excluding hydrogens is 403 g/mol. The highest BCUT2D eigenvalue weighted by molar-refractivity contribution is 7.40. The summed E-state index contributed by atoms with van der Waals surface area (Å²) in [6, 6.07) is 0. The first-order valence-corrected chi connectivity index (χ1v) is 13.6. The van der Waals surface area contributed by atoms with Crippen LogP contribution in [0.15, 0.2) is 57.4 Å². The fourth-order valence-corrected chi connectivity index (χ4v) is 7.17. The average Bonchev–Trinajstić information content (AvgIpc) is 2.79. The highest BCUT2D eigenvalue weighted by Gasteiger charge is 2.38. The van der Waals surface area contributed by atoms with Crippen molar-refractivity contribution in [3.05, 3.63) is 57.4 Å². The van der Waals surface area contributed by atoms with Gasteiger partial charge in [-0.3, -0.25) is 4.52 Å². The van der Waals surface area contributed by atoms with E-state index in [1.54, 1.807) is 0 Å². The minimum atomic E-state index is -1.94. The molecule has 0 aromatic heterocycles. The van der Waals surface area contributed by atoms with Crippen molar-refractivity contribution in [3.63, 3.8) is 0 Å².